The van der Waals surface area contributed by atoms with E-state index in [0.717, 1.165) is 10.8 Å². The lowest BCUT2D eigenvalue weighted by atomic mass is 9.93. The topological polar surface area (TPSA) is 79.3 Å². The number of aliphatic hydroxyl groups excluding tert-OH is 1. The van der Waals surface area contributed by atoms with Crippen molar-refractivity contribution in [2.24, 2.45) is 0 Å². The second-order valence-corrected chi connectivity index (χ2v) is 9.40. The number of Topliss-reactive ketones (excluding diaryl/α,β-unsaturated/α-hetero) is 1. The zero-order valence-corrected chi connectivity index (χ0v) is 21.3. The van der Waals surface area contributed by atoms with Gasteiger partial charge in [-0.2, -0.15) is 0 Å². The van der Waals surface area contributed by atoms with E-state index in [2.05, 4.69) is 0 Å². The van der Waals surface area contributed by atoms with Crippen LogP contribution in [0.4, 0.5) is 0 Å². The predicted octanol–water partition coefficient (Wildman–Crippen LogP) is 4.62. The van der Waals surface area contributed by atoms with Gasteiger partial charge in [0.2, 0.25) is 0 Å². The Bertz CT molecular complexity index is 1320. The van der Waals surface area contributed by atoms with E-state index in [1.807, 2.05) is 75.3 Å². The van der Waals surface area contributed by atoms with Gasteiger partial charge in [-0.25, -0.2) is 0 Å². The summed E-state index contributed by atoms with van der Waals surface area (Å²) >= 11 is 0. The monoisotopic (exact) mass is 488 g/mol. The van der Waals surface area contributed by atoms with Crippen molar-refractivity contribution in [3.63, 3.8) is 0 Å². The Hall–Kier alpha value is -3.84. The molecule has 1 heterocycles. The molecule has 0 radical (unpaired) electrons. The molecule has 0 saturated carbocycles. The maximum absolute atomic E-state index is 13.4. The summed E-state index contributed by atoms with van der Waals surface area (Å²) in [6.45, 7) is 4.73. The summed E-state index contributed by atoms with van der Waals surface area (Å²) in [5.41, 5.74) is 1.23. The molecule has 1 N–H and O–H groups in total. The van der Waals surface area contributed by atoms with Crippen LogP contribution in [0.1, 0.15) is 31.0 Å². The minimum absolute atomic E-state index is 0.0539. The molecule has 0 aromatic heterocycles. The Morgan fingerprint density at radius 2 is 1.75 bits per heavy atom. The van der Waals surface area contributed by atoms with Crippen molar-refractivity contribution in [1.82, 2.24) is 9.80 Å². The summed E-state index contributed by atoms with van der Waals surface area (Å²) in [5.74, 6) is -0.472. The molecule has 1 atom stereocenters. The SMILES string of the molecule is COc1cc(C2/C(=C(\O)c3cccc4ccccc34)C(=O)C(=O)N2CCN(C)C)ccc1OC(C)C. The van der Waals surface area contributed by atoms with Gasteiger partial charge in [0.05, 0.1) is 24.8 Å². The fourth-order valence-electron chi connectivity index (χ4n) is 4.55. The van der Waals surface area contributed by atoms with E-state index in [-0.39, 0.29) is 17.4 Å². The molecule has 3 aromatic rings. The van der Waals surface area contributed by atoms with Crippen LogP contribution < -0.4 is 9.47 Å². The summed E-state index contributed by atoms with van der Waals surface area (Å²) in [5, 5.41) is 13.3. The Morgan fingerprint density at radius 3 is 2.44 bits per heavy atom. The molecule has 0 aliphatic carbocycles. The molecule has 0 bridgehead atoms. The first kappa shape index (κ1) is 25.3. The molecule has 36 heavy (non-hydrogen) atoms. The summed E-state index contributed by atoms with van der Waals surface area (Å²) < 4.78 is 11.4. The van der Waals surface area contributed by atoms with Crippen LogP contribution in [0.2, 0.25) is 0 Å². The number of likely N-dealkylation sites (N-methyl/N-ethyl adjacent to an activating group) is 1. The molecular formula is C29H32N2O5. The number of hydrogen-bond donors (Lipinski definition) is 1. The lowest BCUT2D eigenvalue weighted by molar-refractivity contribution is -0.140. The van der Waals surface area contributed by atoms with Crippen LogP contribution in [0.5, 0.6) is 11.5 Å². The molecule has 1 aliphatic rings. The normalized spacial score (nSPS) is 17.4. The van der Waals surface area contributed by atoms with E-state index >= 15 is 0 Å². The number of fused-ring (bicyclic) bond motifs is 1. The van der Waals surface area contributed by atoms with Crippen LogP contribution in [0.25, 0.3) is 16.5 Å². The average Bonchev–Trinajstić information content (AvgIpc) is 3.11. The van der Waals surface area contributed by atoms with Crippen LogP contribution in [0.3, 0.4) is 0 Å². The van der Waals surface area contributed by atoms with E-state index in [4.69, 9.17) is 9.47 Å². The second kappa shape index (κ2) is 10.4. The van der Waals surface area contributed by atoms with Gasteiger partial charge in [-0.3, -0.25) is 9.59 Å². The highest BCUT2D eigenvalue weighted by molar-refractivity contribution is 6.46. The van der Waals surface area contributed by atoms with Crippen molar-refractivity contribution in [3.8, 4) is 11.5 Å². The number of aliphatic hydroxyl groups is 1. The number of carbonyl (C=O) groups is 2. The van der Waals surface area contributed by atoms with Crippen molar-refractivity contribution in [3.05, 3.63) is 77.4 Å². The van der Waals surface area contributed by atoms with Gasteiger partial charge >= 0.3 is 0 Å². The summed E-state index contributed by atoms with van der Waals surface area (Å²) in [6, 6.07) is 17.8. The maximum Gasteiger partial charge on any atom is 0.295 e. The van der Waals surface area contributed by atoms with Gasteiger partial charge in [-0.05, 0) is 56.4 Å². The zero-order valence-electron chi connectivity index (χ0n) is 21.3. The number of hydrogen-bond acceptors (Lipinski definition) is 6. The maximum atomic E-state index is 13.4. The number of likely N-dealkylation sites (tertiary alicyclic amines) is 1. The third-order valence-electron chi connectivity index (χ3n) is 6.24. The van der Waals surface area contributed by atoms with Gasteiger partial charge in [0, 0.05) is 18.7 Å². The second-order valence-electron chi connectivity index (χ2n) is 9.40. The number of ether oxygens (including phenoxy) is 2. The quantitative estimate of drug-likeness (QED) is 0.283. The van der Waals surface area contributed by atoms with Gasteiger partial charge in [-0.1, -0.05) is 48.5 Å². The third-order valence-corrected chi connectivity index (χ3v) is 6.24. The molecule has 1 unspecified atom stereocenters. The smallest absolute Gasteiger partial charge is 0.295 e. The molecule has 188 valence electrons. The van der Waals surface area contributed by atoms with Gasteiger partial charge in [-0.15, -0.1) is 0 Å². The van der Waals surface area contributed by atoms with E-state index in [0.29, 0.717) is 35.7 Å². The molecule has 3 aromatic carbocycles. The minimum Gasteiger partial charge on any atom is -0.507 e. The van der Waals surface area contributed by atoms with Crippen LogP contribution in [0, 0.1) is 0 Å². The number of carbonyl (C=O) groups excluding carboxylic acids is 2. The Morgan fingerprint density at radius 1 is 1.03 bits per heavy atom. The lowest BCUT2D eigenvalue weighted by Crippen LogP contribution is -2.35. The fourth-order valence-corrected chi connectivity index (χ4v) is 4.55. The van der Waals surface area contributed by atoms with Crippen LogP contribution in [-0.2, 0) is 9.59 Å². The molecule has 1 fully saturated rings. The molecule has 1 saturated heterocycles. The molecule has 7 heteroatoms. The van der Waals surface area contributed by atoms with Crippen molar-refractivity contribution in [2.45, 2.75) is 26.0 Å². The molecule has 1 aliphatic heterocycles. The highest BCUT2D eigenvalue weighted by Crippen LogP contribution is 2.42. The molecular weight excluding hydrogens is 456 g/mol. The fraction of sp³-hybridized carbons (Fsp3) is 0.310. The standard InChI is InChI=1S/C29H32N2O5/c1-18(2)36-23-14-13-20(17-24(23)35-5)26-25(28(33)29(34)31(26)16-15-30(3)4)27(32)22-12-8-10-19-9-6-7-11-21(19)22/h6-14,17-18,26,32H,15-16H2,1-5H3/b27-25+. The number of amides is 1. The Balaban J connectivity index is 1.91. The van der Waals surface area contributed by atoms with Crippen LogP contribution in [0.15, 0.2) is 66.2 Å². The highest BCUT2D eigenvalue weighted by atomic mass is 16.5. The number of methoxy groups -OCH3 is 1. The molecule has 4 rings (SSSR count). The first-order valence-corrected chi connectivity index (χ1v) is 12.0. The summed E-state index contributed by atoms with van der Waals surface area (Å²) in [4.78, 5) is 30.1. The van der Waals surface area contributed by atoms with Crippen molar-refractivity contribution < 1.29 is 24.2 Å². The summed E-state index contributed by atoms with van der Waals surface area (Å²) in [6.07, 6.45) is -0.0539. The molecule has 1 amide bonds. The lowest BCUT2D eigenvalue weighted by Gasteiger charge is -2.27. The zero-order chi connectivity index (χ0) is 26.0. The first-order chi connectivity index (χ1) is 17.2. The number of benzene rings is 3. The Labute approximate surface area is 211 Å². The highest BCUT2D eigenvalue weighted by Gasteiger charge is 2.46. The minimum atomic E-state index is -0.772. The van der Waals surface area contributed by atoms with E-state index < -0.39 is 17.7 Å². The third kappa shape index (κ3) is 4.79. The van der Waals surface area contributed by atoms with Gasteiger partial charge in [0.1, 0.15) is 5.76 Å². The summed E-state index contributed by atoms with van der Waals surface area (Å²) in [7, 11) is 5.36. The van der Waals surface area contributed by atoms with E-state index in [1.54, 1.807) is 25.3 Å². The van der Waals surface area contributed by atoms with E-state index in [9.17, 15) is 14.7 Å². The van der Waals surface area contributed by atoms with Crippen molar-refractivity contribution >= 4 is 28.2 Å². The predicted molar refractivity (Wildman–Crippen MR) is 140 cm³/mol. The largest absolute Gasteiger partial charge is 0.507 e. The molecule has 7 nitrogen and oxygen atoms in total. The number of ketones is 1. The molecule has 0 spiro atoms. The average molecular weight is 489 g/mol. The van der Waals surface area contributed by atoms with Crippen molar-refractivity contribution in [1.29, 1.82) is 0 Å². The van der Waals surface area contributed by atoms with Gasteiger partial charge < -0.3 is 24.4 Å². The first-order valence-electron chi connectivity index (χ1n) is 12.0. The van der Waals surface area contributed by atoms with Gasteiger partial charge in [0.25, 0.3) is 11.7 Å². The number of nitrogens with zero attached hydrogens (tertiary/aromatic N) is 2. The van der Waals surface area contributed by atoms with Crippen LogP contribution in [-0.4, -0.2) is 67.0 Å². The Kier molecular flexibility index (Phi) is 7.31. The van der Waals surface area contributed by atoms with E-state index in [1.165, 1.54) is 4.90 Å². The van der Waals surface area contributed by atoms with Crippen LogP contribution >= 0.6 is 0 Å². The number of rotatable bonds is 8. The van der Waals surface area contributed by atoms with Gasteiger partial charge in [0.15, 0.2) is 11.5 Å². The van der Waals surface area contributed by atoms with Crippen molar-refractivity contribution in [2.75, 3.05) is 34.3 Å².